The molecule has 0 spiro atoms. The lowest BCUT2D eigenvalue weighted by molar-refractivity contribution is -0.137. The summed E-state index contributed by atoms with van der Waals surface area (Å²) in [6, 6.07) is 2.61. The summed E-state index contributed by atoms with van der Waals surface area (Å²) >= 11 is 0. The number of carbonyl (C=O) groups is 1. The molecule has 0 heterocycles. The number of hydrogen-bond donors (Lipinski definition) is 1. The van der Waals surface area contributed by atoms with Crippen LogP contribution in [0.5, 0.6) is 5.75 Å². The van der Waals surface area contributed by atoms with E-state index in [2.05, 4.69) is 4.84 Å². The molecule has 0 aromatic heterocycles. The van der Waals surface area contributed by atoms with Gasteiger partial charge in [0.1, 0.15) is 5.75 Å². The number of hydroxylamine groups is 1. The van der Waals surface area contributed by atoms with Gasteiger partial charge in [0, 0.05) is 0 Å². The summed E-state index contributed by atoms with van der Waals surface area (Å²) in [5.41, 5.74) is 0.752. The Kier molecular flexibility index (Phi) is 3.95. The van der Waals surface area contributed by atoms with Crippen molar-refractivity contribution in [2.24, 2.45) is 0 Å². The van der Waals surface area contributed by atoms with Gasteiger partial charge in [0.2, 0.25) is 0 Å². The predicted octanol–water partition coefficient (Wildman–Crippen LogP) is 2.01. The molecular formula is C10H10F3NO3. The van der Waals surface area contributed by atoms with Crippen molar-refractivity contribution >= 4 is 5.91 Å². The Morgan fingerprint density at radius 1 is 1.29 bits per heavy atom. The van der Waals surface area contributed by atoms with Crippen LogP contribution in [0.1, 0.15) is 15.9 Å². The molecule has 1 aromatic carbocycles. The number of carbonyl (C=O) groups excluding carboxylic acids is 1. The standard InChI is InChI=1S/C10H10F3NO3/c1-16-8-4-3-6(10(11,12)13)5-7(8)9(15)14-17-2/h3-5H,1-2H3,(H,14,15). The molecule has 0 aliphatic heterocycles. The van der Waals surface area contributed by atoms with Gasteiger partial charge >= 0.3 is 6.18 Å². The average molecular weight is 249 g/mol. The third kappa shape index (κ3) is 3.10. The van der Waals surface area contributed by atoms with Gasteiger partial charge in [0.15, 0.2) is 0 Å². The van der Waals surface area contributed by atoms with Gasteiger partial charge < -0.3 is 4.74 Å². The molecular weight excluding hydrogens is 239 g/mol. The van der Waals surface area contributed by atoms with Gasteiger partial charge in [-0.25, -0.2) is 5.48 Å². The van der Waals surface area contributed by atoms with Crippen molar-refractivity contribution in [3.05, 3.63) is 29.3 Å². The van der Waals surface area contributed by atoms with Crippen LogP contribution in [0.4, 0.5) is 13.2 Å². The van der Waals surface area contributed by atoms with Crippen LogP contribution in [0.25, 0.3) is 0 Å². The van der Waals surface area contributed by atoms with E-state index in [0.717, 1.165) is 12.1 Å². The average Bonchev–Trinajstić information content (AvgIpc) is 2.27. The fourth-order valence-electron chi connectivity index (χ4n) is 1.21. The molecule has 0 atom stereocenters. The van der Waals surface area contributed by atoms with E-state index < -0.39 is 17.6 Å². The zero-order valence-electron chi connectivity index (χ0n) is 9.09. The van der Waals surface area contributed by atoms with E-state index in [1.165, 1.54) is 14.2 Å². The minimum atomic E-state index is -4.52. The maximum atomic E-state index is 12.4. The van der Waals surface area contributed by atoms with Crippen molar-refractivity contribution in [2.75, 3.05) is 14.2 Å². The molecule has 0 saturated carbocycles. The molecule has 0 fully saturated rings. The first kappa shape index (κ1) is 13.3. The van der Waals surface area contributed by atoms with Crippen LogP contribution in [-0.2, 0) is 11.0 Å². The number of benzene rings is 1. The van der Waals surface area contributed by atoms with Crippen LogP contribution < -0.4 is 10.2 Å². The summed E-state index contributed by atoms with van der Waals surface area (Å²) in [5, 5.41) is 0. The number of nitrogens with one attached hydrogen (secondary N) is 1. The van der Waals surface area contributed by atoms with Crippen LogP contribution in [0.2, 0.25) is 0 Å². The molecule has 0 aliphatic rings. The first-order chi connectivity index (χ1) is 7.90. The minimum Gasteiger partial charge on any atom is -0.496 e. The molecule has 0 bridgehead atoms. The molecule has 4 nitrogen and oxygen atoms in total. The van der Waals surface area contributed by atoms with Gasteiger partial charge in [-0.15, -0.1) is 0 Å². The lowest BCUT2D eigenvalue weighted by atomic mass is 10.1. The van der Waals surface area contributed by atoms with Crippen LogP contribution >= 0.6 is 0 Å². The van der Waals surface area contributed by atoms with Crippen LogP contribution in [0.15, 0.2) is 18.2 Å². The molecule has 0 radical (unpaired) electrons. The van der Waals surface area contributed by atoms with Crippen molar-refractivity contribution in [2.45, 2.75) is 6.18 Å². The van der Waals surface area contributed by atoms with E-state index in [4.69, 9.17) is 4.74 Å². The highest BCUT2D eigenvalue weighted by atomic mass is 19.4. The zero-order valence-corrected chi connectivity index (χ0v) is 9.09. The van der Waals surface area contributed by atoms with E-state index in [9.17, 15) is 18.0 Å². The Morgan fingerprint density at radius 2 is 1.94 bits per heavy atom. The summed E-state index contributed by atoms with van der Waals surface area (Å²) in [6.45, 7) is 0. The lowest BCUT2D eigenvalue weighted by Gasteiger charge is -2.12. The van der Waals surface area contributed by atoms with E-state index in [1.807, 2.05) is 5.48 Å². The SMILES string of the molecule is CONC(=O)c1cc(C(F)(F)F)ccc1OC. The van der Waals surface area contributed by atoms with Crippen molar-refractivity contribution in [3.8, 4) is 5.75 Å². The molecule has 1 amide bonds. The number of alkyl halides is 3. The second-order valence-corrected chi connectivity index (χ2v) is 3.05. The van der Waals surface area contributed by atoms with Gasteiger partial charge in [-0.3, -0.25) is 9.63 Å². The zero-order chi connectivity index (χ0) is 13.1. The molecule has 0 unspecified atom stereocenters. The van der Waals surface area contributed by atoms with Gasteiger partial charge in [0.25, 0.3) is 5.91 Å². The van der Waals surface area contributed by atoms with Gasteiger partial charge in [-0.1, -0.05) is 0 Å². The van der Waals surface area contributed by atoms with Crippen LogP contribution in [0, 0.1) is 0 Å². The molecule has 1 rings (SSSR count). The van der Waals surface area contributed by atoms with Crippen LogP contribution in [-0.4, -0.2) is 20.1 Å². The molecule has 0 aliphatic carbocycles. The summed E-state index contributed by atoms with van der Waals surface area (Å²) in [6.07, 6.45) is -4.52. The second kappa shape index (κ2) is 5.05. The largest absolute Gasteiger partial charge is 0.496 e. The number of methoxy groups -OCH3 is 1. The van der Waals surface area contributed by atoms with E-state index in [0.29, 0.717) is 6.07 Å². The van der Waals surface area contributed by atoms with Gasteiger partial charge in [-0.05, 0) is 18.2 Å². The maximum Gasteiger partial charge on any atom is 0.416 e. The summed E-state index contributed by atoms with van der Waals surface area (Å²) in [7, 11) is 2.43. The molecule has 94 valence electrons. The van der Waals surface area contributed by atoms with Crippen molar-refractivity contribution in [1.29, 1.82) is 0 Å². The number of halogens is 3. The van der Waals surface area contributed by atoms with Crippen molar-refractivity contribution in [1.82, 2.24) is 5.48 Å². The smallest absolute Gasteiger partial charge is 0.416 e. The highest BCUT2D eigenvalue weighted by Crippen LogP contribution is 2.32. The Morgan fingerprint density at radius 3 is 2.41 bits per heavy atom. The second-order valence-electron chi connectivity index (χ2n) is 3.05. The number of rotatable bonds is 3. The Hall–Kier alpha value is -1.76. The minimum absolute atomic E-state index is 0.0348. The number of amides is 1. The Bertz CT molecular complexity index is 418. The summed E-state index contributed by atoms with van der Waals surface area (Å²) in [4.78, 5) is 15.8. The van der Waals surface area contributed by atoms with E-state index in [1.54, 1.807) is 0 Å². The number of hydrogen-bond acceptors (Lipinski definition) is 3. The third-order valence-corrected chi connectivity index (χ3v) is 1.97. The lowest BCUT2D eigenvalue weighted by Crippen LogP contribution is -2.23. The van der Waals surface area contributed by atoms with Gasteiger partial charge in [-0.2, -0.15) is 13.2 Å². The third-order valence-electron chi connectivity index (χ3n) is 1.97. The monoisotopic (exact) mass is 249 g/mol. The van der Waals surface area contributed by atoms with Gasteiger partial charge in [0.05, 0.1) is 25.3 Å². The predicted molar refractivity (Wildman–Crippen MR) is 52.5 cm³/mol. The molecule has 0 saturated heterocycles. The Balaban J connectivity index is 3.20. The van der Waals surface area contributed by atoms with Crippen molar-refractivity contribution < 1.29 is 27.5 Å². The topological polar surface area (TPSA) is 47.6 Å². The summed E-state index contributed by atoms with van der Waals surface area (Å²) in [5.74, 6) is -0.775. The normalized spacial score (nSPS) is 11.1. The first-order valence-corrected chi connectivity index (χ1v) is 4.48. The maximum absolute atomic E-state index is 12.4. The highest BCUT2D eigenvalue weighted by Gasteiger charge is 2.32. The molecule has 1 aromatic rings. The summed E-state index contributed by atoms with van der Waals surface area (Å²) < 4.78 is 42.1. The first-order valence-electron chi connectivity index (χ1n) is 4.48. The Labute approximate surface area is 95.3 Å². The van der Waals surface area contributed by atoms with E-state index >= 15 is 0 Å². The molecule has 1 N–H and O–H groups in total. The fourth-order valence-corrected chi connectivity index (χ4v) is 1.21. The molecule has 17 heavy (non-hydrogen) atoms. The fraction of sp³-hybridized carbons (Fsp3) is 0.300. The molecule has 7 heteroatoms. The van der Waals surface area contributed by atoms with Crippen LogP contribution in [0.3, 0.4) is 0 Å². The number of ether oxygens (including phenoxy) is 1. The quantitative estimate of drug-likeness (QED) is 0.833. The van der Waals surface area contributed by atoms with Crippen molar-refractivity contribution in [3.63, 3.8) is 0 Å². The van der Waals surface area contributed by atoms with E-state index in [-0.39, 0.29) is 11.3 Å². The highest BCUT2D eigenvalue weighted by molar-refractivity contribution is 5.96.